The van der Waals surface area contributed by atoms with Crippen LogP contribution in [0.3, 0.4) is 0 Å². The molecule has 1 aliphatic heterocycles. The Balaban J connectivity index is 1.94. The van der Waals surface area contributed by atoms with Crippen LogP contribution in [-0.2, 0) is 0 Å². The van der Waals surface area contributed by atoms with Gasteiger partial charge in [-0.25, -0.2) is 9.97 Å². The van der Waals surface area contributed by atoms with Gasteiger partial charge in [-0.05, 0) is 12.5 Å². The average Bonchev–Trinajstić information content (AvgIpc) is 2.39. The second kappa shape index (κ2) is 4.53. The smallest absolute Gasteiger partial charge is 0.185 e. The number of thioether (sulfide) groups is 1. The molecule has 1 aliphatic rings. The Bertz CT molecular complexity index is 595. The summed E-state index contributed by atoms with van der Waals surface area (Å²) in [6.07, 6.45) is 3.71. The van der Waals surface area contributed by atoms with E-state index < -0.39 is 0 Å². The lowest BCUT2D eigenvalue weighted by Gasteiger charge is -2.21. The number of fused-ring (bicyclic) bond motifs is 1. The SMILES string of the molecule is Cc1ccc([C@H]2CC(=O)c3nccnc3S2)cc1. The van der Waals surface area contributed by atoms with Gasteiger partial charge < -0.3 is 0 Å². The summed E-state index contributed by atoms with van der Waals surface area (Å²) in [5.74, 6) is 0.0856. The lowest BCUT2D eigenvalue weighted by atomic mass is 10.0. The molecule has 0 amide bonds. The predicted octanol–water partition coefficient (Wildman–Crippen LogP) is 3.20. The summed E-state index contributed by atoms with van der Waals surface area (Å²) in [5, 5.41) is 0.904. The Morgan fingerprint density at radius 3 is 2.67 bits per heavy atom. The van der Waals surface area contributed by atoms with E-state index in [1.807, 2.05) is 0 Å². The molecular weight excluding hydrogens is 244 g/mol. The molecule has 18 heavy (non-hydrogen) atoms. The molecule has 3 rings (SSSR count). The van der Waals surface area contributed by atoms with Crippen LogP contribution in [0.15, 0.2) is 41.7 Å². The van der Waals surface area contributed by atoms with Crippen molar-refractivity contribution >= 4 is 17.5 Å². The highest BCUT2D eigenvalue weighted by atomic mass is 32.2. The fourth-order valence-corrected chi connectivity index (χ4v) is 3.21. The molecule has 0 saturated carbocycles. The zero-order chi connectivity index (χ0) is 12.5. The van der Waals surface area contributed by atoms with E-state index in [4.69, 9.17) is 0 Å². The number of ketones is 1. The topological polar surface area (TPSA) is 42.9 Å². The van der Waals surface area contributed by atoms with Crippen molar-refractivity contribution in [1.82, 2.24) is 9.97 Å². The first-order valence-corrected chi connectivity index (χ1v) is 6.69. The van der Waals surface area contributed by atoms with Crippen LogP contribution in [0.5, 0.6) is 0 Å². The average molecular weight is 256 g/mol. The maximum absolute atomic E-state index is 12.0. The molecule has 0 N–H and O–H groups in total. The van der Waals surface area contributed by atoms with Crippen LogP contribution < -0.4 is 0 Å². The first-order valence-electron chi connectivity index (χ1n) is 5.81. The van der Waals surface area contributed by atoms with Crippen LogP contribution in [-0.4, -0.2) is 15.8 Å². The molecule has 90 valence electrons. The highest BCUT2D eigenvalue weighted by Crippen LogP contribution is 2.42. The Morgan fingerprint density at radius 1 is 1.17 bits per heavy atom. The van der Waals surface area contributed by atoms with Gasteiger partial charge in [0.2, 0.25) is 0 Å². The van der Waals surface area contributed by atoms with Gasteiger partial charge in [-0.1, -0.05) is 41.6 Å². The van der Waals surface area contributed by atoms with Crippen LogP contribution in [0, 0.1) is 6.92 Å². The number of rotatable bonds is 1. The zero-order valence-corrected chi connectivity index (χ0v) is 10.8. The summed E-state index contributed by atoms with van der Waals surface area (Å²) in [7, 11) is 0. The number of nitrogens with zero attached hydrogens (tertiary/aromatic N) is 2. The normalized spacial score (nSPS) is 18.5. The number of carbonyl (C=O) groups excluding carboxylic acids is 1. The minimum Gasteiger partial charge on any atom is -0.292 e. The van der Waals surface area contributed by atoms with Crippen LogP contribution in [0.2, 0.25) is 0 Å². The highest BCUT2D eigenvalue weighted by molar-refractivity contribution is 7.99. The van der Waals surface area contributed by atoms with Gasteiger partial charge in [0.05, 0.1) is 0 Å². The van der Waals surface area contributed by atoms with Crippen molar-refractivity contribution in [3.8, 4) is 0 Å². The maximum Gasteiger partial charge on any atom is 0.185 e. The summed E-state index contributed by atoms with van der Waals surface area (Å²) >= 11 is 1.63. The van der Waals surface area contributed by atoms with Crippen molar-refractivity contribution in [2.75, 3.05) is 0 Å². The fraction of sp³-hybridized carbons (Fsp3) is 0.214. The van der Waals surface area contributed by atoms with E-state index in [0.29, 0.717) is 12.1 Å². The summed E-state index contributed by atoms with van der Waals surface area (Å²) in [6, 6.07) is 8.32. The van der Waals surface area contributed by atoms with Crippen molar-refractivity contribution < 1.29 is 4.79 Å². The number of Topliss-reactive ketones (excluding diaryl/α,β-unsaturated/α-hetero) is 1. The molecule has 0 saturated heterocycles. The molecule has 4 heteroatoms. The van der Waals surface area contributed by atoms with Gasteiger partial charge in [-0.15, -0.1) is 0 Å². The molecule has 0 unspecified atom stereocenters. The molecule has 0 radical (unpaired) electrons. The van der Waals surface area contributed by atoms with E-state index in [2.05, 4.69) is 41.2 Å². The van der Waals surface area contributed by atoms with E-state index >= 15 is 0 Å². The first-order chi connectivity index (χ1) is 8.74. The summed E-state index contributed by atoms with van der Waals surface area (Å²) < 4.78 is 0. The number of hydrogen-bond acceptors (Lipinski definition) is 4. The monoisotopic (exact) mass is 256 g/mol. The van der Waals surface area contributed by atoms with Gasteiger partial charge in [0, 0.05) is 24.1 Å². The van der Waals surface area contributed by atoms with Crippen molar-refractivity contribution in [2.45, 2.75) is 23.6 Å². The van der Waals surface area contributed by atoms with Crippen LogP contribution >= 0.6 is 11.8 Å². The Labute approximate surface area is 110 Å². The predicted molar refractivity (Wildman–Crippen MR) is 70.8 cm³/mol. The third-order valence-corrected chi connectivity index (χ3v) is 4.25. The number of carbonyl (C=O) groups is 1. The van der Waals surface area contributed by atoms with E-state index in [9.17, 15) is 4.79 Å². The van der Waals surface area contributed by atoms with E-state index in [1.54, 1.807) is 24.2 Å². The van der Waals surface area contributed by atoms with Gasteiger partial charge in [0.1, 0.15) is 10.7 Å². The van der Waals surface area contributed by atoms with Gasteiger partial charge in [0.25, 0.3) is 0 Å². The molecule has 0 fully saturated rings. The first kappa shape index (κ1) is 11.4. The number of aromatic nitrogens is 2. The van der Waals surface area contributed by atoms with Crippen LogP contribution in [0.1, 0.15) is 33.3 Å². The lowest BCUT2D eigenvalue weighted by Crippen LogP contribution is -2.14. The van der Waals surface area contributed by atoms with Gasteiger partial charge in [-0.3, -0.25) is 4.79 Å². The van der Waals surface area contributed by atoms with Crippen molar-refractivity contribution in [3.63, 3.8) is 0 Å². The number of aryl methyl sites for hydroxylation is 1. The van der Waals surface area contributed by atoms with Gasteiger partial charge >= 0.3 is 0 Å². The lowest BCUT2D eigenvalue weighted by molar-refractivity contribution is 0.0970. The molecule has 1 atom stereocenters. The van der Waals surface area contributed by atoms with E-state index in [0.717, 1.165) is 5.03 Å². The quantitative estimate of drug-likeness (QED) is 0.785. The third kappa shape index (κ3) is 2.04. The number of hydrogen-bond donors (Lipinski definition) is 0. The zero-order valence-electron chi connectivity index (χ0n) is 9.96. The van der Waals surface area contributed by atoms with Crippen LogP contribution in [0.25, 0.3) is 0 Å². The second-order valence-corrected chi connectivity index (χ2v) is 5.55. The minimum atomic E-state index is 0.0856. The molecule has 0 aliphatic carbocycles. The summed E-state index contributed by atoms with van der Waals surface area (Å²) in [5.41, 5.74) is 2.92. The Kier molecular flexibility index (Phi) is 2.88. The largest absolute Gasteiger partial charge is 0.292 e. The van der Waals surface area contributed by atoms with E-state index in [-0.39, 0.29) is 11.0 Å². The standard InChI is InChI=1S/C14H12N2OS/c1-9-2-4-10(5-3-9)12-8-11(17)13-14(18-12)16-7-6-15-13/h2-7,12H,8H2,1H3/t12-/m1/s1. The second-order valence-electron chi connectivity index (χ2n) is 4.35. The molecule has 3 nitrogen and oxygen atoms in total. The molecule has 1 aromatic heterocycles. The summed E-state index contributed by atoms with van der Waals surface area (Å²) in [4.78, 5) is 20.4. The Morgan fingerprint density at radius 2 is 1.89 bits per heavy atom. The molecular formula is C14H12N2OS. The Hall–Kier alpha value is -1.68. The third-order valence-electron chi connectivity index (χ3n) is 3.00. The minimum absolute atomic E-state index is 0.0856. The molecule has 2 heterocycles. The number of benzene rings is 1. The molecule has 1 aromatic carbocycles. The van der Waals surface area contributed by atoms with Crippen molar-refractivity contribution in [1.29, 1.82) is 0 Å². The van der Waals surface area contributed by atoms with Gasteiger partial charge in [-0.2, -0.15) is 0 Å². The van der Waals surface area contributed by atoms with Crippen molar-refractivity contribution in [3.05, 3.63) is 53.5 Å². The molecule has 2 aromatic rings. The molecule has 0 bridgehead atoms. The van der Waals surface area contributed by atoms with Crippen molar-refractivity contribution in [2.24, 2.45) is 0 Å². The van der Waals surface area contributed by atoms with Gasteiger partial charge in [0.15, 0.2) is 5.78 Å². The maximum atomic E-state index is 12.0. The summed E-state index contributed by atoms with van der Waals surface area (Å²) in [6.45, 7) is 2.06. The molecule has 0 spiro atoms. The van der Waals surface area contributed by atoms with Crippen LogP contribution in [0.4, 0.5) is 0 Å². The highest BCUT2D eigenvalue weighted by Gasteiger charge is 2.28. The van der Waals surface area contributed by atoms with E-state index in [1.165, 1.54) is 11.1 Å². The fourth-order valence-electron chi connectivity index (χ4n) is 2.01.